The molecule has 1 unspecified atom stereocenters. The summed E-state index contributed by atoms with van der Waals surface area (Å²) < 4.78 is 5.46. The van der Waals surface area contributed by atoms with Crippen LogP contribution in [-0.2, 0) is 11.2 Å². The maximum absolute atomic E-state index is 11.5. The molecule has 3 rings (SSSR count). The molecule has 4 nitrogen and oxygen atoms in total. The molecular formula is C15H19NO3. The highest BCUT2D eigenvalue weighted by Crippen LogP contribution is 2.29. The Balaban J connectivity index is 1.81. The summed E-state index contributed by atoms with van der Waals surface area (Å²) in [4.78, 5) is 11.5. The molecule has 19 heavy (non-hydrogen) atoms. The first-order chi connectivity index (χ1) is 9.24. The van der Waals surface area contributed by atoms with Crippen molar-refractivity contribution in [1.29, 1.82) is 0 Å². The van der Waals surface area contributed by atoms with Gasteiger partial charge in [0.1, 0.15) is 11.8 Å². The second-order valence-corrected chi connectivity index (χ2v) is 5.38. The molecule has 0 bridgehead atoms. The Hall–Kier alpha value is -1.55. The van der Waals surface area contributed by atoms with E-state index in [9.17, 15) is 9.90 Å². The number of rotatable bonds is 4. The highest BCUT2D eigenvalue weighted by molar-refractivity contribution is 5.76. The minimum atomic E-state index is -0.800. The van der Waals surface area contributed by atoms with Crippen LogP contribution in [0.25, 0.3) is 0 Å². The van der Waals surface area contributed by atoms with E-state index in [1.165, 1.54) is 12.8 Å². The summed E-state index contributed by atoms with van der Waals surface area (Å²) in [5, 5.41) is 12.7. The largest absolute Gasteiger partial charge is 0.493 e. The normalized spacial score (nSPS) is 20.0. The number of hydrogen-bond acceptors (Lipinski definition) is 3. The lowest BCUT2D eigenvalue weighted by Gasteiger charge is -2.20. The lowest BCUT2D eigenvalue weighted by molar-refractivity contribution is -0.139. The number of nitrogens with one attached hydrogen (secondary N) is 1. The number of carboxylic acid groups (broad SMARTS) is 1. The van der Waals surface area contributed by atoms with E-state index in [1.807, 2.05) is 18.2 Å². The second kappa shape index (κ2) is 5.21. The predicted octanol–water partition coefficient (Wildman–Crippen LogP) is 2.28. The van der Waals surface area contributed by atoms with Gasteiger partial charge >= 0.3 is 5.97 Å². The maximum atomic E-state index is 11.5. The van der Waals surface area contributed by atoms with Gasteiger partial charge in [-0.15, -0.1) is 0 Å². The van der Waals surface area contributed by atoms with Crippen LogP contribution in [0.2, 0.25) is 0 Å². The van der Waals surface area contributed by atoms with Crippen molar-refractivity contribution in [2.24, 2.45) is 0 Å². The molecule has 1 fully saturated rings. The van der Waals surface area contributed by atoms with Gasteiger partial charge in [0.05, 0.1) is 6.61 Å². The van der Waals surface area contributed by atoms with Gasteiger partial charge in [-0.1, -0.05) is 18.9 Å². The van der Waals surface area contributed by atoms with Crippen LogP contribution in [0.4, 0.5) is 0 Å². The van der Waals surface area contributed by atoms with Gasteiger partial charge in [-0.25, -0.2) is 0 Å². The molecule has 102 valence electrons. The molecule has 1 saturated carbocycles. The summed E-state index contributed by atoms with van der Waals surface area (Å²) in [7, 11) is 0. The molecule has 1 aliphatic heterocycles. The van der Waals surface area contributed by atoms with Crippen molar-refractivity contribution >= 4 is 5.97 Å². The number of carbonyl (C=O) groups is 1. The minimum Gasteiger partial charge on any atom is -0.493 e. The minimum absolute atomic E-state index is 0.339. The van der Waals surface area contributed by atoms with Crippen LogP contribution in [0, 0.1) is 0 Å². The Morgan fingerprint density at radius 2 is 2.16 bits per heavy atom. The SMILES string of the molecule is O=C(O)C(NC1CCCC1)c1ccc2c(c1)CCO2. The quantitative estimate of drug-likeness (QED) is 0.873. The summed E-state index contributed by atoms with van der Waals surface area (Å²) in [6.45, 7) is 0.701. The standard InChI is InChI=1S/C15H19NO3/c17-15(18)14(16-12-3-1-2-4-12)11-5-6-13-10(9-11)7-8-19-13/h5-6,9,12,14,16H,1-4,7-8H2,(H,17,18). The van der Waals surface area contributed by atoms with Crippen molar-refractivity contribution in [2.75, 3.05) is 6.61 Å². The zero-order chi connectivity index (χ0) is 13.2. The predicted molar refractivity (Wildman–Crippen MR) is 71.4 cm³/mol. The molecule has 1 aliphatic carbocycles. The van der Waals surface area contributed by atoms with E-state index in [4.69, 9.17) is 4.74 Å². The topological polar surface area (TPSA) is 58.6 Å². The number of carboxylic acids is 1. The summed E-state index contributed by atoms with van der Waals surface area (Å²) in [6.07, 6.45) is 5.43. The van der Waals surface area contributed by atoms with E-state index in [0.29, 0.717) is 12.6 Å². The van der Waals surface area contributed by atoms with Crippen LogP contribution in [0.1, 0.15) is 42.9 Å². The Kier molecular flexibility index (Phi) is 3.42. The van der Waals surface area contributed by atoms with E-state index >= 15 is 0 Å². The average molecular weight is 261 g/mol. The Morgan fingerprint density at radius 3 is 2.89 bits per heavy atom. The van der Waals surface area contributed by atoms with Crippen molar-refractivity contribution in [3.63, 3.8) is 0 Å². The average Bonchev–Trinajstić information content (AvgIpc) is 3.05. The molecule has 1 aromatic carbocycles. The number of benzene rings is 1. The molecule has 1 aromatic rings. The third kappa shape index (κ3) is 2.59. The van der Waals surface area contributed by atoms with Crippen LogP contribution >= 0.6 is 0 Å². The van der Waals surface area contributed by atoms with Crippen LogP contribution in [0.15, 0.2) is 18.2 Å². The Bertz CT molecular complexity index is 480. The molecule has 0 aromatic heterocycles. The fourth-order valence-electron chi connectivity index (χ4n) is 3.02. The third-order valence-corrected chi connectivity index (χ3v) is 4.05. The van der Waals surface area contributed by atoms with Crippen LogP contribution in [-0.4, -0.2) is 23.7 Å². The van der Waals surface area contributed by atoms with Gasteiger partial charge in [0, 0.05) is 12.5 Å². The summed E-state index contributed by atoms with van der Waals surface area (Å²) in [5.74, 6) is 0.0968. The third-order valence-electron chi connectivity index (χ3n) is 4.05. The fourth-order valence-corrected chi connectivity index (χ4v) is 3.02. The van der Waals surface area contributed by atoms with Crippen molar-refractivity contribution < 1.29 is 14.6 Å². The zero-order valence-corrected chi connectivity index (χ0v) is 10.9. The van der Waals surface area contributed by atoms with Gasteiger partial charge in [0.2, 0.25) is 0 Å². The van der Waals surface area contributed by atoms with Crippen molar-refractivity contribution in [3.05, 3.63) is 29.3 Å². The monoisotopic (exact) mass is 261 g/mol. The van der Waals surface area contributed by atoms with E-state index in [0.717, 1.165) is 36.1 Å². The summed E-state index contributed by atoms with van der Waals surface area (Å²) >= 11 is 0. The van der Waals surface area contributed by atoms with Gasteiger partial charge in [-0.3, -0.25) is 10.1 Å². The molecule has 0 spiro atoms. The molecule has 0 amide bonds. The second-order valence-electron chi connectivity index (χ2n) is 5.38. The molecular weight excluding hydrogens is 242 g/mol. The van der Waals surface area contributed by atoms with Crippen LogP contribution in [0.3, 0.4) is 0 Å². The number of ether oxygens (including phenoxy) is 1. The van der Waals surface area contributed by atoms with Gasteiger partial charge in [-0.2, -0.15) is 0 Å². The van der Waals surface area contributed by atoms with Crippen LogP contribution in [0.5, 0.6) is 5.75 Å². The molecule has 1 atom stereocenters. The van der Waals surface area contributed by atoms with Gasteiger partial charge in [0.25, 0.3) is 0 Å². The van der Waals surface area contributed by atoms with Crippen LogP contribution < -0.4 is 10.1 Å². The lowest BCUT2D eigenvalue weighted by atomic mass is 10.0. The Morgan fingerprint density at radius 1 is 1.37 bits per heavy atom. The Labute approximate surface area is 112 Å². The van der Waals surface area contributed by atoms with E-state index in [-0.39, 0.29) is 0 Å². The van der Waals surface area contributed by atoms with Gasteiger partial charge < -0.3 is 9.84 Å². The zero-order valence-electron chi connectivity index (χ0n) is 10.9. The van der Waals surface area contributed by atoms with E-state index < -0.39 is 12.0 Å². The highest BCUT2D eigenvalue weighted by atomic mass is 16.5. The van der Waals surface area contributed by atoms with Crippen molar-refractivity contribution in [2.45, 2.75) is 44.2 Å². The summed E-state index contributed by atoms with van der Waals surface area (Å²) in [6, 6.07) is 5.47. The van der Waals surface area contributed by atoms with E-state index in [1.54, 1.807) is 0 Å². The molecule has 0 radical (unpaired) electrons. The first kappa shape index (κ1) is 12.5. The lowest BCUT2D eigenvalue weighted by Crippen LogP contribution is -2.35. The first-order valence-electron chi connectivity index (χ1n) is 6.98. The summed E-state index contributed by atoms with van der Waals surface area (Å²) in [5.41, 5.74) is 1.96. The number of aliphatic carboxylic acids is 1. The van der Waals surface area contributed by atoms with E-state index in [2.05, 4.69) is 5.32 Å². The molecule has 1 heterocycles. The molecule has 2 aliphatic rings. The fraction of sp³-hybridized carbons (Fsp3) is 0.533. The smallest absolute Gasteiger partial charge is 0.325 e. The highest BCUT2D eigenvalue weighted by Gasteiger charge is 2.26. The van der Waals surface area contributed by atoms with Gasteiger partial charge in [-0.05, 0) is 36.1 Å². The van der Waals surface area contributed by atoms with Crippen molar-refractivity contribution in [1.82, 2.24) is 5.32 Å². The van der Waals surface area contributed by atoms with Crippen molar-refractivity contribution in [3.8, 4) is 5.75 Å². The number of hydrogen-bond donors (Lipinski definition) is 2. The first-order valence-corrected chi connectivity index (χ1v) is 6.98. The maximum Gasteiger partial charge on any atom is 0.325 e. The molecule has 0 saturated heterocycles. The number of fused-ring (bicyclic) bond motifs is 1. The molecule has 4 heteroatoms. The van der Waals surface area contributed by atoms with Gasteiger partial charge in [0.15, 0.2) is 0 Å². The molecule has 2 N–H and O–H groups in total.